The molecule has 0 aliphatic carbocycles. The molecule has 25 heavy (non-hydrogen) atoms. The highest BCUT2D eigenvalue weighted by Crippen LogP contribution is 2.24. The lowest BCUT2D eigenvalue weighted by atomic mass is 10.0. The summed E-state index contributed by atoms with van der Waals surface area (Å²) in [6.07, 6.45) is 5.21. The first-order chi connectivity index (χ1) is 12.0. The predicted molar refractivity (Wildman–Crippen MR) is 96.9 cm³/mol. The molecule has 0 saturated carbocycles. The zero-order chi connectivity index (χ0) is 17.9. The zero-order valence-electron chi connectivity index (χ0n) is 14.2. The highest BCUT2D eigenvalue weighted by atomic mass is 32.2. The van der Waals surface area contributed by atoms with E-state index in [1.807, 2.05) is 24.4 Å². The van der Waals surface area contributed by atoms with Crippen LogP contribution < -0.4 is 0 Å². The van der Waals surface area contributed by atoms with Crippen LogP contribution in [0.3, 0.4) is 0 Å². The summed E-state index contributed by atoms with van der Waals surface area (Å²) in [7, 11) is -3.58. The van der Waals surface area contributed by atoms with Gasteiger partial charge in [-0.1, -0.05) is 13.0 Å². The highest BCUT2D eigenvalue weighted by molar-refractivity contribution is 7.91. The minimum atomic E-state index is -3.58. The molecule has 3 rings (SSSR count). The number of hydrogen-bond donors (Lipinski definition) is 0. The molecule has 1 unspecified atom stereocenters. The average Bonchev–Trinajstić information content (AvgIpc) is 3.25. The molecule has 0 aromatic carbocycles. The number of carbonyl (C=O) groups is 1. The van der Waals surface area contributed by atoms with Crippen molar-refractivity contribution >= 4 is 27.1 Å². The van der Waals surface area contributed by atoms with Gasteiger partial charge in [0.2, 0.25) is 11.8 Å². The van der Waals surface area contributed by atoms with Crippen LogP contribution >= 0.6 is 11.3 Å². The van der Waals surface area contributed by atoms with Crippen molar-refractivity contribution in [3.63, 3.8) is 0 Å². The van der Waals surface area contributed by atoms with Crippen molar-refractivity contribution in [1.29, 1.82) is 0 Å². The van der Waals surface area contributed by atoms with Crippen molar-refractivity contribution in [2.24, 2.45) is 0 Å². The van der Waals surface area contributed by atoms with Gasteiger partial charge in [-0.15, -0.1) is 11.3 Å². The van der Waals surface area contributed by atoms with Crippen molar-refractivity contribution in [2.75, 3.05) is 12.3 Å². The molecule has 1 atom stereocenters. The molecule has 1 aliphatic heterocycles. The van der Waals surface area contributed by atoms with Crippen LogP contribution in [0.5, 0.6) is 0 Å². The van der Waals surface area contributed by atoms with Crippen molar-refractivity contribution in [1.82, 2.24) is 9.88 Å². The minimum Gasteiger partial charge on any atom is -0.444 e. The predicted octanol–water partition coefficient (Wildman–Crippen LogP) is 3.11. The maximum atomic E-state index is 12.5. The summed E-state index contributed by atoms with van der Waals surface area (Å²) >= 11 is 1.47. The smallest absolute Gasteiger partial charge is 0.238 e. The van der Waals surface area contributed by atoms with Crippen molar-refractivity contribution in [2.45, 2.75) is 44.4 Å². The number of oxazole rings is 1. The first-order valence-electron chi connectivity index (χ1n) is 8.46. The Labute approximate surface area is 151 Å². The third-order valence-electron chi connectivity index (χ3n) is 4.41. The van der Waals surface area contributed by atoms with E-state index in [0.717, 1.165) is 30.6 Å². The van der Waals surface area contributed by atoms with Crippen LogP contribution in [0, 0.1) is 0 Å². The fourth-order valence-corrected chi connectivity index (χ4v) is 5.07. The minimum absolute atomic E-state index is 0.161. The van der Waals surface area contributed by atoms with Crippen LogP contribution in [0.4, 0.5) is 0 Å². The van der Waals surface area contributed by atoms with Gasteiger partial charge in [0.25, 0.3) is 0 Å². The molecule has 136 valence electrons. The lowest BCUT2D eigenvalue weighted by molar-refractivity contribution is -0.132. The molecule has 8 heteroatoms. The van der Waals surface area contributed by atoms with Crippen LogP contribution in [0.2, 0.25) is 0 Å². The molecule has 0 spiro atoms. The van der Waals surface area contributed by atoms with E-state index in [4.69, 9.17) is 4.42 Å². The maximum absolute atomic E-state index is 12.5. The van der Waals surface area contributed by atoms with Gasteiger partial charge in [0.15, 0.2) is 9.84 Å². The molecule has 3 heterocycles. The standard InChI is InChI=1S/C17H22N2O4S2/c1-2-14-6-3-4-8-19(14)16(20)12-25(21,22)11-13-10-23-17(18-13)15-7-5-9-24-15/h5,7,9-10,14H,2-4,6,8,11-12H2,1H3. The van der Waals surface area contributed by atoms with E-state index < -0.39 is 15.6 Å². The summed E-state index contributed by atoms with van der Waals surface area (Å²) in [4.78, 5) is 19.3. The number of hydrogen-bond acceptors (Lipinski definition) is 6. The molecule has 0 N–H and O–H groups in total. The lowest BCUT2D eigenvalue weighted by Gasteiger charge is -2.35. The molecule has 1 saturated heterocycles. The fraction of sp³-hybridized carbons (Fsp3) is 0.529. The Morgan fingerprint density at radius 1 is 1.44 bits per heavy atom. The first-order valence-corrected chi connectivity index (χ1v) is 11.2. The Hall–Kier alpha value is -1.67. The first kappa shape index (κ1) is 18.1. The molecular weight excluding hydrogens is 360 g/mol. The van der Waals surface area contributed by atoms with Gasteiger partial charge in [-0.25, -0.2) is 13.4 Å². The quantitative estimate of drug-likeness (QED) is 0.767. The number of piperidine rings is 1. The highest BCUT2D eigenvalue weighted by Gasteiger charge is 2.29. The fourth-order valence-electron chi connectivity index (χ4n) is 3.19. The van der Waals surface area contributed by atoms with Crippen LogP contribution in [0.25, 0.3) is 10.8 Å². The summed E-state index contributed by atoms with van der Waals surface area (Å²) in [5.74, 6) is -0.634. The van der Waals surface area contributed by atoms with E-state index in [2.05, 4.69) is 4.98 Å². The van der Waals surface area contributed by atoms with Gasteiger partial charge in [-0.05, 0) is 37.1 Å². The molecule has 1 aliphatic rings. The lowest BCUT2D eigenvalue weighted by Crippen LogP contribution is -2.45. The van der Waals surface area contributed by atoms with Gasteiger partial charge in [0, 0.05) is 12.6 Å². The van der Waals surface area contributed by atoms with Crippen molar-refractivity contribution in [3.05, 3.63) is 29.5 Å². The molecule has 1 amide bonds. The summed E-state index contributed by atoms with van der Waals surface area (Å²) in [6, 6.07) is 3.90. The summed E-state index contributed by atoms with van der Waals surface area (Å²) in [5, 5.41) is 1.90. The van der Waals surface area contributed by atoms with Gasteiger partial charge >= 0.3 is 0 Å². The van der Waals surface area contributed by atoms with E-state index >= 15 is 0 Å². The Morgan fingerprint density at radius 2 is 2.28 bits per heavy atom. The Balaban J connectivity index is 1.65. The van der Waals surface area contributed by atoms with Crippen molar-refractivity contribution in [3.8, 4) is 10.8 Å². The maximum Gasteiger partial charge on any atom is 0.238 e. The van der Waals surface area contributed by atoms with Gasteiger partial charge in [-0.2, -0.15) is 0 Å². The number of amides is 1. The Morgan fingerprint density at radius 3 is 3.00 bits per heavy atom. The van der Waals surface area contributed by atoms with E-state index in [-0.39, 0.29) is 17.7 Å². The van der Waals surface area contributed by atoms with E-state index in [1.54, 1.807) is 4.90 Å². The number of thiophene rings is 1. The number of rotatable bonds is 6. The third-order valence-corrected chi connectivity index (χ3v) is 6.69. The van der Waals surface area contributed by atoms with Crippen LogP contribution in [-0.2, 0) is 20.4 Å². The zero-order valence-corrected chi connectivity index (χ0v) is 15.8. The second kappa shape index (κ2) is 7.70. The number of nitrogens with zero attached hydrogens (tertiary/aromatic N) is 2. The number of aromatic nitrogens is 1. The number of likely N-dealkylation sites (tertiary alicyclic amines) is 1. The molecular formula is C17H22N2O4S2. The Bertz CT molecular complexity index is 812. The van der Waals surface area contributed by atoms with Gasteiger partial charge in [0.1, 0.15) is 12.0 Å². The van der Waals surface area contributed by atoms with Crippen LogP contribution in [0.1, 0.15) is 38.3 Å². The van der Waals surface area contributed by atoms with E-state index in [9.17, 15) is 13.2 Å². The van der Waals surface area contributed by atoms with Crippen LogP contribution in [-0.4, -0.2) is 42.5 Å². The van der Waals surface area contributed by atoms with Gasteiger partial charge in [-0.3, -0.25) is 4.79 Å². The number of sulfone groups is 1. The molecule has 2 aromatic heterocycles. The second-order valence-electron chi connectivity index (χ2n) is 6.30. The largest absolute Gasteiger partial charge is 0.444 e. The summed E-state index contributed by atoms with van der Waals surface area (Å²) in [5.41, 5.74) is 0.335. The number of carbonyl (C=O) groups excluding carboxylic acids is 1. The monoisotopic (exact) mass is 382 g/mol. The molecule has 6 nitrogen and oxygen atoms in total. The van der Waals surface area contributed by atoms with Gasteiger partial charge < -0.3 is 9.32 Å². The average molecular weight is 383 g/mol. The third kappa shape index (κ3) is 4.49. The molecule has 2 aromatic rings. The molecule has 0 radical (unpaired) electrons. The van der Waals surface area contributed by atoms with Crippen LogP contribution in [0.15, 0.2) is 28.2 Å². The normalized spacial score (nSPS) is 18.4. The van der Waals surface area contributed by atoms with Crippen molar-refractivity contribution < 1.29 is 17.6 Å². The topological polar surface area (TPSA) is 80.5 Å². The van der Waals surface area contributed by atoms with E-state index in [0.29, 0.717) is 18.1 Å². The molecule has 0 bridgehead atoms. The van der Waals surface area contributed by atoms with E-state index in [1.165, 1.54) is 17.6 Å². The Kier molecular flexibility index (Phi) is 5.58. The van der Waals surface area contributed by atoms with Gasteiger partial charge in [0.05, 0.1) is 16.3 Å². The molecule has 1 fully saturated rings. The second-order valence-corrected chi connectivity index (χ2v) is 9.31. The summed E-state index contributed by atoms with van der Waals surface area (Å²) < 4.78 is 30.2. The summed E-state index contributed by atoms with van der Waals surface area (Å²) in [6.45, 7) is 2.69. The SMILES string of the molecule is CCC1CCCCN1C(=O)CS(=O)(=O)Cc1coc(-c2cccs2)n1.